The highest BCUT2D eigenvalue weighted by molar-refractivity contribution is 5.33. The minimum Gasteiger partial charge on any atom is -0.0914 e. The van der Waals surface area contributed by atoms with Crippen molar-refractivity contribution in [3.63, 3.8) is 0 Å². The van der Waals surface area contributed by atoms with Gasteiger partial charge < -0.3 is 0 Å². The third kappa shape index (κ3) is 3.35. The molecule has 0 bridgehead atoms. The summed E-state index contributed by atoms with van der Waals surface area (Å²) in [5.74, 6) is 4.95. The van der Waals surface area contributed by atoms with Crippen LogP contribution in [-0.4, -0.2) is 0 Å². The minimum atomic E-state index is 0.887. The van der Waals surface area contributed by atoms with E-state index in [1.807, 2.05) is 0 Å². The third-order valence-corrected chi connectivity index (χ3v) is 7.45. The number of hydrogen-bond donors (Lipinski definition) is 0. The SMILES string of the molecule is C/C=C/C1CCC2CC(C3CCc4cc(C)ccc4C3)CCC2C1. The molecule has 0 heteroatoms. The van der Waals surface area contributed by atoms with Gasteiger partial charge in [0.25, 0.3) is 0 Å². The topological polar surface area (TPSA) is 0 Å². The van der Waals surface area contributed by atoms with Crippen molar-refractivity contribution < 1.29 is 0 Å². The van der Waals surface area contributed by atoms with E-state index >= 15 is 0 Å². The van der Waals surface area contributed by atoms with Gasteiger partial charge in [-0.25, -0.2) is 0 Å². The van der Waals surface area contributed by atoms with Crippen molar-refractivity contribution in [3.05, 3.63) is 47.0 Å². The lowest BCUT2D eigenvalue weighted by atomic mass is 9.61. The number of aryl methyl sites for hydroxylation is 2. The van der Waals surface area contributed by atoms with E-state index in [2.05, 4.69) is 44.2 Å². The average molecular weight is 323 g/mol. The molecule has 0 N–H and O–H groups in total. The Kier molecular flexibility index (Phi) is 4.83. The zero-order chi connectivity index (χ0) is 16.5. The monoisotopic (exact) mass is 322 g/mol. The Morgan fingerprint density at radius 2 is 1.58 bits per heavy atom. The quantitative estimate of drug-likeness (QED) is 0.544. The lowest BCUT2D eigenvalue weighted by Crippen LogP contribution is -2.34. The summed E-state index contributed by atoms with van der Waals surface area (Å²) in [4.78, 5) is 0. The predicted octanol–water partition coefficient (Wildman–Crippen LogP) is 6.51. The maximum absolute atomic E-state index is 2.47. The Balaban J connectivity index is 1.38. The van der Waals surface area contributed by atoms with Gasteiger partial charge in [0.2, 0.25) is 0 Å². The molecule has 0 radical (unpaired) electrons. The minimum absolute atomic E-state index is 0.887. The fourth-order valence-electron chi connectivity index (χ4n) is 6.15. The van der Waals surface area contributed by atoms with Crippen molar-refractivity contribution in [2.24, 2.45) is 29.6 Å². The number of benzene rings is 1. The molecule has 5 atom stereocenters. The average Bonchev–Trinajstić information content (AvgIpc) is 2.61. The molecular weight excluding hydrogens is 288 g/mol. The van der Waals surface area contributed by atoms with Gasteiger partial charge in [0.15, 0.2) is 0 Å². The molecule has 2 saturated carbocycles. The van der Waals surface area contributed by atoms with Crippen LogP contribution in [-0.2, 0) is 12.8 Å². The molecule has 0 saturated heterocycles. The highest BCUT2D eigenvalue weighted by atomic mass is 14.4. The number of allylic oxidation sites excluding steroid dienone is 2. The molecule has 3 aliphatic carbocycles. The van der Waals surface area contributed by atoms with Gasteiger partial charge in [-0.2, -0.15) is 0 Å². The molecule has 0 aromatic heterocycles. The largest absolute Gasteiger partial charge is 0.0914 e. The molecule has 3 aliphatic rings. The van der Waals surface area contributed by atoms with E-state index in [4.69, 9.17) is 0 Å². The Morgan fingerprint density at radius 3 is 2.42 bits per heavy atom. The van der Waals surface area contributed by atoms with E-state index in [0.29, 0.717) is 0 Å². The third-order valence-electron chi connectivity index (χ3n) is 7.45. The molecule has 0 spiro atoms. The number of rotatable bonds is 2. The zero-order valence-electron chi connectivity index (χ0n) is 15.6. The van der Waals surface area contributed by atoms with E-state index in [9.17, 15) is 0 Å². The summed E-state index contributed by atoms with van der Waals surface area (Å²) in [6.07, 6.45) is 17.9. The molecule has 1 aromatic rings. The standard InChI is InChI=1S/C24H34/c1-3-4-18-6-8-22-16-24(12-10-20(22)14-18)23-11-9-19-13-17(2)5-7-21(19)15-23/h3-5,7,13,18,20,22-24H,6,8-12,14-16H2,1-2H3/b4-3+. The second-order valence-corrected chi connectivity index (χ2v) is 8.97. The molecule has 0 amide bonds. The lowest BCUT2D eigenvalue weighted by Gasteiger charge is -2.44. The van der Waals surface area contributed by atoms with Crippen LogP contribution in [0.4, 0.5) is 0 Å². The van der Waals surface area contributed by atoms with E-state index in [-0.39, 0.29) is 0 Å². The van der Waals surface area contributed by atoms with Gasteiger partial charge in [0.1, 0.15) is 0 Å². The molecule has 2 fully saturated rings. The Labute approximate surface area is 148 Å². The van der Waals surface area contributed by atoms with Crippen molar-refractivity contribution in [3.8, 4) is 0 Å². The van der Waals surface area contributed by atoms with Crippen LogP contribution in [0.5, 0.6) is 0 Å². The van der Waals surface area contributed by atoms with Gasteiger partial charge in [-0.1, -0.05) is 35.9 Å². The van der Waals surface area contributed by atoms with E-state index in [1.165, 1.54) is 56.9 Å². The summed E-state index contributed by atoms with van der Waals surface area (Å²) in [5, 5.41) is 0. The maximum Gasteiger partial charge on any atom is -0.0231 e. The summed E-state index contributed by atoms with van der Waals surface area (Å²) >= 11 is 0. The fraction of sp³-hybridized carbons (Fsp3) is 0.667. The van der Waals surface area contributed by atoms with Crippen molar-refractivity contribution in [1.29, 1.82) is 0 Å². The predicted molar refractivity (Wildman–Crippen MR) is 103 cm³/mol. The smallest absolute Gasteiger partial charge is 0.0231 e. The van der Waals surface area contributed by atoms with Gasteiger partial charge in [-0.05, 0) is 112 Å². The highest BCUT2D eigenvalue weighted by Gasteiger charge is 2.38. The molecule has 1 aromatic carbocycles. The number of fused-ring (bicyclic) bond motifs is 2. The van der Waals surface area contributed by atoms with Gasteiger partial charge in [-0.3, -0.25) is 0 Å². The van der Waals surface area contributed by atoms with Crippen LogP contribution >= 0.6 is 0 Å². The summed E-state index contributed by atoms with van der Waals surface area (Å²) in [6.45, 7) is 4.42. The fourth-order valence-corrected chi connectivity index (χ4v) is 6.15. The van der Waals surface area contributed by atoms with Crippen LogP contribution in [0.25, 0.3) is 0 Å². The van der Waals surface area contributed by atoms with Crippen LogP contribution in [0.2, 0.25) is 0 Å². The molecular formula is C24H34. The van der Waals surface area contributed by atoms with Crippen molar-refractivity contribution in [2.45, 2.75) is 71.6 Å². The molecule has 0 nitrogen and oxygen atoms in total. The van der Waals surface area contributed by atoms with Gasteiger partial charge >= 0.3 is 0 Å². The lowest BCUT2D eigenvalue weighted by molar-refractivity contribution is 0.0810. The zero-order valence-corrected chi connectivity index (χ0v) is 15.6. The van der Waals surface area contributed by atoms with E-state index in [1.54, 1.807) is 17.5 Å². The Morgan fingerprint density at radius 1 is 0.833 bits per heavy atom. The van der Waals surface area contributed by atoms with Crippen LogP contribution in [0.15, 0.2) is 30.4 Å². The van der Waals surface area contributed by atoms with Gasteiger partial charge in [0.05, 0.1) is 0 Å². The first-order valence-corrected chi connectivity index (χ1v) is 10.4. The summed E-state index contributed by atoms with van der Waals surface area (Å²) in [7, 11) is 0. The van der Waals surface area contributed by atoms with Gasteiger partial charge in [-0.15, -0.1) is 0 Å². The Bertz CT molecular complexity index is 596. The van der Waals surface area contributed by atoms with E-state index in [0.717, 1.165) is 29.6 Å². The van der Waals surface area contributed by atoms with Crippen molar-refractivity contribution in [1.82, 2.24) is 0 Å². The first-order valence-electron chi connectivity index (χ1n) is 10.4. The summed E-state index contributed by atoms with van der Waals surface area (Å²) in [6, 6.07) is 7.18. The number of hydrogen-bond acceptors (Lipinski definition) is 0. The van der Waals surface area contributed by atoms with Crippen LogP contribution in [0.1, 0.15) is 68.6 Å². The Hall–Kier alpha value is -1.04. The van der Waals surface area contributed by atoms with Crippen molar-refractivity contribution >= 4 is 0 Å². The van der Waals surface area contributed by atoms with Crippen LogP contribution in [0, 0.1) is 36.5 Å². The maximum atomic E-state index is 2.47. The molecule has 5 unspecified atom stereocenters. The normalized spacial score (nSPS) is 36.3. The second-order valence-electron chi connectivity index (χ2n) is 8.97. The second kappa shape index (κ2) is 7.06. The highest BCUT2D eigenvalue weighted by Crippen LogP contribution is 2.48. The first-order chi connectivity index (χ1) is 11.7. The summed E-state index contributed by atoms with van der Waals surface area (Å²) in [5.41, 5.74) is 4.74. The molecule has 4 rings (SSSR count). The molecule has 0 heterocycles. The summed E-state index contributed by atoms with van der Waals surface area (Å²) < 4.78 is 0. The molecule has 24 heavy (non-hydrogen) atoms. The van der Waals surface area contributed by atoms with Gasteiger partial charge in [0, 0.05) is 0 Å². The molecule has 0 aliphatic heterocycles. The van der Waals surface area contributed by atoms with Crippen LogP contribution < -0.4 is 0 Å². The van der Waals surface area contributed by atoms with E-state index < -0.39 is 0 Å². The molecule has 130 valence electrons. The van der Waals surface area contributed by atoms with Crippen molar-refractivity contribution in [2.75, 3.05) is 0 Å². The first kappa shape index (κ1) is 16.4. The van der Waals surface area contributed by atoms with Crippen LogP contribution in [0.3, 0.4) is 0 Å².